The molecule has 0 aliphatic rings. The Hall–Kier alpha value is -4.07. The lowest BCUT2D eigenvalue weighted by Gasteiger charge is -2.11. The van der Waals surface area contributed by atoms with E-state index < -0.39 is 23.1 Å². The highest BCUT2D eigenvalue weighted by atomic mass is 19.1. The van der Waals surface area contributed by atoms with Crippen LogP contribution in [0.3, 0.4) is 0 Å². The zero-order valence-electron chi connectivity index (χ0n) is 15.6. The number of nitrogens with one attached hydrogen (secondary N) is 1. The molecule has 2 aromatic carbocycles. The van der Waals surface area contributed by atoms with Gasteiger partial charge in [-0.25, -0.2) is 8.78 Å². The topological polar surface area (TPSA) is 69.0 Å². The molecule has 0 atom stereocenters. The van der Waals surface area contributed by atoms with Crippen molar-refractivity contribution in [1.29, 1.82) is 0 Å². The largest absolute Gasteiger partial charge is 0.457 e. The molecule has 0 bridgehead atoms. The molecule has 0 fully saturated rings. The van der Waals surface area contributed by atoms with E-state index in [1.54, 1.807) is 10.9 Å². The third-order valence-electron chi connectivity index (χ3n) is 4.24. The normalized spacial score (nSPS) is 10.6. The predicted molar refractivity (Wildman–Crippen MR) is 106 cm³/mol. The Kier molecular flexibility index (Phi) is 5.47. The molecule has 8 heteroatoms. The molecule has 30 heavy (non-hydrogen) atoms. The molecule has 1 amide bonds. The third-order valence-corrected chi connectivity index (χ3v) is 4.24. The fourth-order valence-electron chi connectivity index (χ4n) is 2.85. The Labute approximate surface area is 170 Å². The molecular weight excluding hydrogens is 390 g/mol. The van der Waals surface area contributed by atoms with Gasteiger partial charge in [0.05, 0.1) is 18.9 Å². The summed E-state index contributed by atoms with van der Waals surface area (Å²) in [6.45, 7) is 0.372. The van der Waals surface area contributed by atoms with E-state index in [0.717, 1.165) is 18.0 Å². The van der Waals surface area contributed by atoms with Crippen molar-refractivity contribution in [2.75, 3.05) is 5.32 Å². The molecule has 4 rings (SSSR count). The van der Waals surface area contributed by atoms with E-state index in [9.17, 15) is 13.6 Å². The zero-order valence-corrected chi connectivity index (χ0v) is 15.6. The molecule has 6 nitrogen and oxygen atoms in total. The molecule has 0 aliphatic heterocycles. The Morgan fingerprint density at radius 1 is 0.967 bits per heavy atom. The number of aromatic nitrogens is 3. The summed E-state index contributed by atoms with van der Waals surface area (Å²) in [4.78, 5) is 15.6. The van der Waals surface area contributed by atoms with Crippen LogP contribution in [0.5, 0.6) is 11.5 Å². The van der Waals surface area contributed by atoms with E-state index in [4.69, 9.17) is 4.74 Å². The van der Waals surface area contributed by atoms with Crippen molar-refractivity contribution < 1.29 is 18.3 Å². The minimum Gasteiger partial charge on any atom is -0.457 e. The van der Waals surface area contributed by atoms with Crippen molar-refractivity contribution in [2.45, 2.75) is 6.54 Å². The van der Waals surface area contributed by atoms with Crippen LogP contribution in [-0.4, -0.2) is 20.7 Å². The number of halogens is 2. The minimum absolute atomic E-state index is 0.164. The van der Waals surface area contributed by atoms with E-state index in [-0.39, 0.29) is 5.82 Å². The summed E-state index contributed by atoms with van der Waals surface area (Å²) < 4.78 is 35.0. The second-order valence-corrected chi connectivity index (χ2v) is 6.35. The van der Waals surface area contributed by atoms with E-state index in [1.165, 1.54) is 6.07 Å². The summed E-state index contributed by atoms with van der Waals surface area (Å²) >= 11 is 0. The van der Waals surface area contributed by atoms with Crippen molar-refractivity contribution in [3.63, 3.8) is 0 Å². The number of carbonyl (C=O) groups is 1. The highest BCUT2D eigenvalue weighted by Crippen LogP contribution is 2.25. The smallest absolute Gasteiger partial charge is 0.262 e. The maximum atomic E-state index is 13.7. The van der Waals surface area contributed by atoms with Gasteiger partial charge in [-0.3, -0.25) is 14.5 Å². The van der Waals surface area contributed by atoms with Crippen LogP contribution in [0.4, 0.5) is 14.6 Å². The van der Waals surface area contributed by atoms with Gasteiger partial charge in [-0.1, -0.05) is 36.4 Å². The fraction of sp³-hybridized carbons (Fsp3) is 0.0455. The molecule has 0 aliphatic carbocycles. The van der Waals surface area contributed by atoms with Crippen LogP contribution in [0.25, 0.3) is 0 Å². The zero-order chi connectivity index (χ0) is 20.9. The van der Waals surface area contributed by atoms with Crippen LogP contribution < -0.4 is 10.1 Å². The molecule has 0 radical (unpaired) electrons. The summed E-state index contributed by atoms with van der Waals surface area (Å²) in [7, 11) is 0. The summed E-state index contributed by atoms with van der Waals surface area (Å²) in [5, 5.41) is 6.64. The predicted octanol–water partition coefficient (Wildman–Crippen LogP) is 4.65. The number of benzene rings is 2. The molecular formula is C22H16F2N4O2. The lowest BCUT2D eigenvalue weighted by molar-refractivity contribution is 0.101. The molecule has 0 unspecified atom stereocenters. The van der Waals surface area contributed by atoms with E-state index in [0.29, 0.717) is 18.0 Å². The lowest BCUT2D eigenvalue weighted by atomic mass is 10.2. The first-order valence-electron chi connectivity index (χ1n) is 9.05. The highest BCUT2D eigenvalue weighted by molar-refractivity contribution is 6.04. The van der Waals surface area contributed by atoms with Gasteiger partial charge in [0.25, 0.3) is 5.91 Å². The van der Waals surface area contributed by atoms with Gasteiger partial charge in [-0.05, 0) is 18.2 Å². The van der Waals surface area contributed by atoms with Gasteiger partial charge < -0.3 is 10.1 Å². The molecule has 1 N–H and O–H groups in total. The number of amides is 1. The van der Waals surface area contributed by atoms with Gasteiger partial charge in [-0.15, -0.1) is 0 Å². The summed E-state index contributed by atoms with van der Waals surface area (Å²) in [5.74, 6) is -1.48. The number of para-hydroxylation sites is 2. The Bertz CT molecular complexity index is 1160. The summed E-state index contributed by atoms with van der Waals surface area (Å²) in [5.41, 5.74) is 0.162. The Morgan fingerprint density at radius 3 is 2.43 bits per heavy atom. The second-order valence-electron chi connectivity index (χ2n) is 6.35. The van der Waals surface area contributed by atoms with Crippen molar-refractivity contribution in [3.05, 3.63) is 102 Å². The quantitative estimate of drug-likeness (QED) is 0.506. The molecule has 0 saturated heterocycles. The Balaban J connectivity index is 1.49. The fourth-order valence-corrected chi connectivity index (χ4v) is 2.85. The number of pyridine rings is 1. The van der Waals surface area contributed by atoms with Crippen molar-refractivity contribution in [1.82, 2.24) is 14.8 Å². The van der Waals surface area contributed by atoms with Gasteiger partial charge in [-0.2, -0.15) is 5.10 Å². The summed E-state index contributed by atoms with van der Waals surface area (Å²) in [6.07, 6.45) is 3.20. The van der Waals surface area contributed by atoms with E-state index in [2.05, 4.69) is 15.4 Å². The van der Waals surface area contributed by atoms with Crippen LogP contribution in [0, 0.1) is 11.6 Å². The highest BCUT2D eigenvalue weighted by Gasteiger charge is 2.18. The van der Waals surface area contributed by atoms with Crippen molar-refractivity contribution in [3.8, 4) is 11.5 Å². The molecule has 4 aromatic rings. The number of rotatable bonds is 6. The molecule has 0 spiro atoms. The van der Waals surface area contributed by atoms with Gasteiger partial charge in [0, 0.05) is 17.8 Å². The second kappa shape index (κ2) is 8.52. The Morgan fingerprint density at radius 2 is 1.67 bits per heavy atom. The number of carbonyl (C=O) groups excluding carboxylic acids is 1. The third kappa shape index (κ3) is 4.33. The van der Waals surface area contributed by atoms with E-state index in [1.807, 2.05) is 54.6 Å². The molecule has 2 heterocycles. The molecule has 0 saturated carbocycles. The van der Waals surface area contributed by atoms with Crippen LogP contribution in [0.15, 0.2) is 79.3 Å². The van der Waals surface area contributed by atoms with Crippen LogP contribution in [0.1, 0.15) is 15.9 Å². The molecule has 150 valence electrons. The average Bonchev–Trinajstić information content (AvgIpc) is 3.17. The number of anilines is 1. The molecule has 2 aromatic heterocycles. The lowest BCUT2D eigenvalue weighted by Crippen LogP contribution is -2.17. The number of nitrogens with zero attached hydrogens (tertiary/aromatic N) is 3. The first kappa shape index (κ1) is 19.3. The van der Waals surface area contributed by atoms with Crippen LogP contribution in [-0.2, 0) is 6.54 Å². The van der Waals surface area contributed by atoms with Crippen molar-refractivity contribution >= 4 is 11.7 Å². The van der Waals surface area contributed by atoms with Gasteiger partial charge in [0.15, 0.2) is 17.5 Å². The first-order valence-corrected chi connectivity index (χ1v) is 9.05. The SMILES string of the molecule is O=C(Nc1ccn(Cc2ccccc2Oc2ccccc2)n1)c1c(F)cncc1F. The van der Waals surface area contributed by atoms with Gasteiger partial charge in [0.1, 0.15) is 17.1 Å². The minimum atomic E-state index is -1.04. The maximum Gasteiger partial charge on any atom is 0.262 e. The standard InChI is InChI=1S/C22H16F2N4O2/c23-17-12-25-13-18(24)21(17)22(29)26-20-10-11-28(27-20)14-15-6-4-5-9-19(15)30-16-7-2-1-3-8-16/h1-13H,14H2,(H,26,27,29). The number of hydrogen-bond donors (Lipinski definition) is 1. The van der Waals surface area contributed by atoms with Gasteiger partial charge >= 0.3 is 0 Å². The van der Waals surface area contributed by atoms with Crippen LogP contribution >= 0.6 is 0 Å². The summed E-state index contributed by atoms with van der Waals surface area (Å²) in [6, 6.07) is 18.4. The monoisotopic (exact) mass is 406 g/mol. The van der Waals surface area contributed by atoms with Gasteiger partial charge in [0.2, 0.25) is 0 Å². The average molecular weight is 406 g/mol. The van der Waals surface area contributed by atoms with Crippen molar-refractivity contribution in [2.24, 2.45) is 0 Å². The van der Waals surface area contributed by atoms with Crippen LogP contribution in [0.2, 0.25) is 0 Å². The number of ether oxygens (including phenoxy) is 1. The first-order chi connectivity index (χ1) is 14.6. The van der Waals surface area contributed by atoms with E-state index >= 15 is 0 Å². The maximum absolute atomic E-state index is 13.7. The number of hydrogen-bond acceptors (Lipinski definition) is 4.